The highest BCUT2D eigenvalue weighted by Gasteiger charge is 2.71. The molecule has 9 atom stereocenters. The molecule has 208 valence electrons. The highest BCUT2D eigenvalue weighted by molar-refractivity contribution is 5.28. The third-order valence-corrected chi connectivity index (χ3v) is 10.9. The summed E-state index contributed by atoms with van der Waals surface area (Å²) in [5, 5.41) is 21.4. The number of rotatable bonds is 5. The predicted octanol–water partition coefficient (Wildman–Crippen LogP) is 7.54. The van der Waals surface area contributed by atoms with Gasteiger partial charge in [-0.25, -0.2) is 4.39 Å². The van der Waals surface area contributed by atoms with Crippen LogP contribution >= 0.6 is 0 Å². The van der Waals surface area contributed by atoms with Gasteiger partial charge in [0.15, 0.2) is 0 Å². The Bertz CT molecular complexity index is 838. The summed E-state index contributed by atoms with van der Waals surface area (Å²) in [5.74, 6) is 0.518. The molecule has 0 aromatic carbocycles. The first kappa shape index (κ1) is 28.2. The summed E-state index contributed by atoms with van der Waals surface area (Å²) in [6.45, 7) is 6.28. The Labute approximate surface area is 208 Å². The standard InChI is InChI=1S/C27H39F7O2/c1-15(5-4-10-25(28,26(29,30)31)27(32,33)34)18-6-7-19-22-20(9-12-24(18,19)3)23(2)11-8-17(35)13-16(23)14-21(22)36/h14-15,17-22,35-36H,4-13H2,1-3H3/t15?,17?,18-,19+,20+,21?,22+,23+,24-/m1/s1. The predicted molar refractivity (Wildman–Crippen MR) is 122 cm³/mol. The van der Waals surface area contributed by atoms with Gasteiger partial charge in [0.05, 0.1) is 12.2 Å². The Hall–Kier alpha value is -0.830. The summed E-state index contributed by atoms with van der Waals surface area (Å²) >= 11 is 0. The van der Waals surface area contributed by atoms with E-state index < -0.39 is 37.0 Å². The molecule has 3 saturated carbocycles. The molecule has 0 bridgehead atoms. The van der Waals surface area contributed by atoms with Gasteiger partial charge in [0.1, 0.15) is 0 Å². The number of alkyl halides is 7. The largest absolute Gasteiger partial charge is 0.431 e. The van der Waals surface area contributed by atoms with E-state index in [1.807, 2.05) is 13.0 Å². The fraction of sp³-hybridized carbons (Fsp3) is 0.926. The van der Waals surface area contributed by atoms with Crippen molar-refractivity contribution in [3.63, 3.8) is 0 Å². The van der Waals surface area contributed by atoms with Gasteiger partial charge in [0.25, 0.3) is 5.67 Å². The molecule has 0 amide bonds. The lowest BCUT2D eigenvalue weighted by molar-refractivity contribution is -0.343. The maximum atomic E-state index is 14.1. The van der Waals surface area contributed by atoms with Crippen molar-refractivity contribution in [3.05, 3.63) is 11.6 Å². The van der Waals surface area contributed by atoms with Gasteiger partial charge in [-0.3, -0.25) is 0 Å². The molecule has 4 aliphatic carbocycles. The van der Waals surface area contributed by atoms with Crippen LogP contribution in [-0.2, 0) is 0 Å². The molecule has 0 heterocycles. The number of hydrogen-bond donors (Lipinski definition) is 2. The van der Waals surface area contributed by atoms with Crippen LogP contribution in [0.5, 0.6) is 0 Å². The zero-order chi connectivity index (χ0) is 26.9. The van der Waals surface area contributed by atoms with Crippen LogP contribution < -0.4 is 0 Å². The quantitative estimate of drug-likeness (QED) is 0.286. The molecule has 0 aliphatic heterocycles. The number of fused-ring (bicyclic) bond motifs is 5. The van der Waals surface area contributed by atoms with Crippen LogP contribution in [0.15, 0.2) is 11.6 Å². The van der Waals surface area contributed by atoms with Gasteiger partial charge >= 0.3 is 12.4 Å². The molecule has 36 heavy (non-hydrogen) atoms. The second-order valence-electron chi connectivity index (χ2n) is 12.7. The zero-order valence-electron chi connectivity index (χ0n) is 21.2. The van der Waals surface area contributed by atoms with Crippen LogP contribution in [0.3, 0.4) is 0 Å². The molecule has 0 spiro atoms. The summed E-state index contributed by atoms with van der Waals surface area (Å²) in [5.41, 5.74) is -4.27. The fourth-order valence-electron chi connectivity index (χ4n) is 8.92. The van der Waals surface area contributed by atoms with Crippen molar-refractivity contribution in [1.29, 1.82) is 0 Å². The highest BCUT2D eigenvalue weighted by atomic mass is 19.4. The second kappa shape index (κ2) is 9.13. The van der Waals surface area contributed by atoms with E-state index in [9.17, 15) is 40.9 Å². The molecule has 9 heteroatoms. The molecular formula is C27H39F7O2. The minimum Gasteiger partial charge on any atom is -0.393 e. The Balaban J connectivity index is 1.47. The minimum absolute atomic E-state index is 0.0545. The topological polar surface area (TPSA) is 40.5 Å². The van der Waals surface area contributed by atoms with E-state index in [0.29, 0.717) is 6.42 Å². The van der Waals surface area contributed by atoms with Gasteiger partial charge in [-0.05, 0) is 98.2 Å². The lowest BCUT2D eigenvalue weighted by atomic mass is 9.46. The van der Waals surface area contributed by atoms with Crippen LogP contribution in [0, 0.1) is 40.4 Å². The normalized spacial score (nSPS) is 42.3. The third kappa shape index (κ3) is 4.32. The maximum absolute atomic E-state index is 14.1. The number of aliphatic hydroxyl groups is 2. The lowest BCUT2D eigenvalue weighted by Crippen LogP contribution is -2.55. The fourth-order valence-corrected chi connectivity index (χ4v) is 8.92. The van der Waals surface area contributed by atoms with Crippen LogP contribution in [0.4, 0.5) is 30.7 Å². The van der Waals surface area contributed by atoms with Crippen molar-refractivity contribution in [2.45, 2.75) is 115 Å². The van der Waals surface area contributed by atoms with Gasteiger partial charge in [-0.15, -0.1) is 0 Å². The van der Waals surface area contributed by atoms with Gasteiger partial charge in [0, 0.05) is 0 Å². The highest BCUT2D eigenvalue weighted by Crippen LogP contribution is 2.67. The van der Waals surface area contributed by atoms with Crippen LogP contribution in [0.2, 0.25) is 0 Å². The van der Waals surface area contributed by atoms with Crippen LogP contribution in [0.25, 0.3) is 0 Å². The molecule has 3 fully saturated rings. The van der Waals surface area contributed by atoms with E-state index in [4.69, 9.17) is 0 Å². The van der Waals surface area contributed by atoms with E-state index in [-0.39, 0.29) is 52.9 Å². The smallest absolute Gasteiger partial charge is 0.393 e. The average Bonchev–Trinajstić information content (AvgIpc) is 3.10. The van der Waals surface area contributed by atoms with Gasteiger partial charge in [-0.1, -0.05) is 38.8 Å². The van der Waals surface area contributed by atoms with Gasteiger partial charge in [0.2, 0.25) is 0 Å². The van der Waals surface area contributed by atoms with Crippen molar-refractivity contribution < 1.29 is 40.9 Å². The molecule has 0 radical (unpaired) electrons. The Morgan fingerprint density at radius 2 is 1.56 bits per heavy atom. The van der Waals surface area contributed by atoms with E-state index in [0.717, 1.165) is 44.1 Å². The SMILES string of the molecule is CC(CCCC(F)(C(F)(F)F)C(F)(F)F)[C@H]1CC[C@H]2[C@@H]3C(O)C=C4CC(O)CC[C@]4(C)[C@H]3CC[C@]12C. The molecule has 4 rings (SSSR count). The minimum atomic E-state index is -5.99. The van der Waals surface area contributed by atoms with Crippen molar-refractivity contribution in [2.75, 3.05) is 0 Å². The molecule has 0 aromatic heterocycles. The molecule has 2 nitrogen and oxygen atoms in total. The van der Waals surface area contributed by atoms with Crippen LogP contribution in [-0.4, -0.2) is 40.4 Å². The first-order valence-electron chi connectivity index (χ1n) is 13.4. The summed E-state index contributed by atoms with van der Waals surface area (Å²) in [4.78, 5) is 0. The molecule has 3 unspecified atom stereocenters. The number of aliphatic hydroxyl groups excluding tert-OH is 2. The van der Waals surface area contributed by atoms with Crippen molar-refractivity contribution >= 4 is 0 Å². The first-order valence-corrected chi connectivity index (χ1v) is 13.4. The third-order valence-electron chi connectivity index (χ3n) is 10.9. The Kier molecular flexibility index (Phi) is 7.15. The molecule has 0 aromatic rings. The summed E-state index contributed by atoms with van der Waals surface area (Å²) < 4.78 is 91.7. The van der Waals surface area contributed by atoms with Gasteiger partial charge in [-0.2, -0.15) is 26.3 Å². The molecular weight excluding hydrogens is 489 g/mol. The summed E-state index contributed by atoms with van der Waals surface area (Å²) in [6.07, 6.45) is -7.38. The summed E-state index contributed by atoms with van der Waals surface area (Å²) in [7, 11) is 0. The van der Waals surface area contributed by atoms with E-state index in [1.54, 1.807) is 0 Å². The maximum Gasteiger partial charge on any atom is 0.431 e. The van der Waals surface area contributed by atoms with Crippen molar-refractivity contribution in [1.82, 2.24) is 0 Å². The van der Waals surface area contributed by atoms with E-state index >= 15 is 0 Å². The number of halogens is 7. The first-order chi connectivity index (χ1) is 16.5. The van der Waals surface area contributed by atoms with E-state index in [1.165, 1.54) is 0 Å². The van der Waals surface area contributed by atoms with Gasteiger partial charge < -0.3 is 10.2 Å². The second-order valence-corrected chi connectivity index (χ2v) is 12.7. The molecule has 2 N–H and O–H groups in total. The molecule has 4 aliphatic rings. The summed E-state index contributed by atoms with van der Waals surface area (Å²) in [6, 6.07) is 0. The average molecular weight is 529 g/mol. The van der Waals surface area contributed by atoms with Crippen LogP contribution in [0.1, 0.15) is 85.0 Å². The van der Waals surface area contributed by atoms with Crippen molar-refractivity contribution in [3.8, 4) is 0 Å². The van der Waals surface area contributed by atoms with E-state index in [2.05, 4.69) is 13.8 Å². The molecule has 0 saturated heterocycles. The monoisotopic (exact) mass is 528 g/mol. The lowest BCUT2D eigenvalue weighted by Gasteiger charge is -2.59. The van der Waals surface area contributed by atoms with Crippen molar-refractivity contribution in [2.24, 2.45) is 40.4 Å². The number of hydrogen-bond acceptors (Lipinski definition) is 2. The zero-order valence-corrected chi connectivity index (χ0v) is 21.2. The Morgan fingerprint density at radius 1 is 0.917 bits per heavy atom. The Morgan fingerprint density at radius 3 is 2.17 bits per heavy atom.